The Morgan fingerprint density at radius 3 is 1.31 bits per heavy atom. The highest BCUT2D eigenvalue weighted by Gasteiger charge is 2.37. The van der Waals surface area contributed by atoms with Gasteiger partial charge in [-0.2, -0.15) is 0 Å². The summed E-state index contributed by atoms with van der Waals surface area (Å²) in [6.45, 7) is 0. The molecule has 4 rings (SSSR count). The Morgan fingerprint density at radius 2 is 1.00 bits per heavy atom. The Kier molecular flexibility index (Phi) is 4.74. The molecule has 0 saturated heterocycles. The number of carbonyl (C=O) groups is 2. The maximum absolute atomic E-state index is 12.5. The lowest BCUT2D eigenvalue weighted by molar-refractivity contribution is -0.140. The molecule has 26 heavy (non-hydrogen) atoms. The molecular formula is C22H24N2O2. The van der Waals surface area contributed by atoms with E-state index in [1.54, 1.807) is 0 Å². The highest BCUT2D eigenvalue weighted by molar-refractivity contribution is 6.35. The SMILES string of the molecule is O=C(N[C@H](c1ccccc1)C1CC1)C(=O)N[C@@H](c1ccccc1)C1CC1. The zero-order chi connectivity index (χ0) is 17.9. The molecule has 0 heterocycles. The van der Waals surface area contributed by atoms with Crippen molar-refractivity contribution in [1.82, 2.24) is 10.6 Å². The second-order valence-corrected chi connectivity index (χ2v) is 7.40. The smallest absolute Gasteiger partial charge is 0.309 e. The topological polar surface area (TPSA) is 58.2 Å². The van der Waals surface area contributed by atoms with Crippen LogP contribution in [0.25, 0.3) is 0 Å². The molecular weight excluding hydrogens is 324 g/mol. The lowest BCUT2D eigenvalue weighted by atomic mass is 10.0. The molecule has 2 aliphatic carbocycles. The summed E-state index contributed by atoms with van der Waals surface area (Å²) in [7, 11) is 0. The van der Waals surface area contributed by atoms with Crippen LogP contribution in [0.5, 0.6) is 0 Å². The Labute approximate surface area is 154 Å². The van der Waals surface area contributed by atoms with Gasteiger partial charge in [0.15, 0.2) is 0 Å². The first kappa shape index (κ1) is 16.8. The molecule has 2 aromatic rings. The van der Waals surface area contributed by atoms with Crippen LogP contribution in [-0.4, -0.2) is 11.8 Å². The summed E-state index contributed by atoms with van der Waals surface area (Å²) >= 11 is 0. The Bertz CT molecular complexity index is 700. The van der Waals surface area contributed by atoms with Gasteiger partial charge in [0, 0.05) is 0 Å². The van der Waals surface area contributed by atoms with Crippen molar-refractivity contribution in [2.75, 3.05) is 0 Å². The van der Waals surface area contributed by atoms with Crippen molar-refractivity contribution < 1.29 is 9.59 Å². The zero-order valence-electron chi connectivity index (χ0n) is 14.7. The minimum Gasteiger partial charge on any atom is -0.341 e. The van der Waals surface area contributed by atoms with Crippen LogP contribution in [0.3, 0.4) is 0 Å². The normalized spacial score (nSPS) is 18.6. The minimum atomic E-state index is -0.535. The molecule has 2 N–H and O–H groups in total. The van der Waals surface area contributed by atoms with E-state index >= 15 is 0 Å². The average molecular weight is 348 g/mol. The second-order valence-electron chi connectivity index (χ2n) is 7.40. The van der Waals surface area contributed by atoms with Crippen LogP contribution in [0.4, 0.5) is 0 Å². The van der Waals surface area contributed by atoms with Gasteiger partial charge in [-0.1, -0.05) is 60.7 Å². The highest BCUT2D eigenvalue weighted by atomic mass is 16.2. The predicted octanol–water partition coefficient (Wildman–Crippen LogP) is 3.52. The van der Waals surface area contributed by atoms with Gasteiger partial charge in [0.2, 0.25) is 0 Å². The molecule has 0 unspecified atom stereocenters. The van der Waals surface area contributed by atoms with Gasteiger partial charge in [0.25, 0.3) is 0 Å². The average Bonchev–Trinajstić information content (AvgIpc) is 3.58. The second kappa shape index (κ2) is 7.32. The molecule has 2 aromatic carbocycles. The van der Waals surface area contributed by atoms with E-state index in [0.717, 1.165) is 36.8 Å². The lowest BCUT2D eigenvalue weighted by Crippen LogP contribution is -2.43. The third kappa shape index (κ3) is 3.96. The number of nitrogens with one attached hydrogen (secondary N) is 2. The summed E-state index contributed by atoms with van der Waals surface area (Å²) in [5.74, 6) is -0.204. The van der Waals surface area contributed by atoms with Gasteiger partial charge < -0.3 is 10.6 Å². The van der Waals surface area contributed by atoms with Gasteiger partial charge >= 0.3 is 11.8 Å². The van der Waals surface area contributed by atoms with E-state index in [1.807, 2.05) is 60.7 Å². The molecule has 4 nitrogen and oxygen atoms in total. The molecule has 134 valence electrons. The molecule has 2 saturated carbocycles. The number of benzene rings is 2. The molecule has 0 aromatic heterocycles. The Morgan fingerprint density at radius 1 is 0.654 bits per heavy atom. The lowest BCUT2D eigenvalue weighted by Gasteiger charge is -2.21. The number of hydrogen-bond acceptors (Lipinski definition) is 2. The number of rotatable bonds is 6. The number of amides is 2. The summed E-state index contributed by atoms with van der Waals surface area (Å²) in [4.78, 5) is 25.1. The van der Waals surface area contributed by atoms with E-state index in [0.29, 0.717) is 11.8 Å². The van der Waals surface area contributed by atoms with E-state index in [4.69, 9.17) is 0 Å². The third-order valence-corrected chi connectivity index (χ3v) is 5.28. The summed E-state index contributed by atoms with van der Waals surface area (Å²) in [6.07, 6.45) is 4.37. The standard InChI is InChI=1S/C22H24N2O2/c25-21(23-19(17-11-12-17)15-7-3-1-4-8-15)22(26)24-20(18-13-14-18)16-9-5-2-6-10-16/h1-10,17-20H,11-14H2,(H,23,25)(H,24,26)/t19-,20+. The fourth-order valence-electron chi connectivity index (χ4n) is 3.54. The van der Waals surface area contributed by atoms with Gasteiger partial charge in [-0.25, -0.2) is 0 Å². The fourth-order valence-corrected chi connectivity index (χ4v) is 3.54. The summed E-state index contributed by atoms with van der Waals surface area (Å²) in [6, 6.07) is 19.7. The van der Waals surface area contributed by atoms with Crippen LogP contribution in [0.2, 0.25) is 0 Å². The third-order valence-electron chi connectivity index (χ3n) is 5.28. The van der Waals surface area contributed by atoms with Crippen LogP contribution in [0.15, 0.2) is 60.7 Å². The van der Waals surface area contributed by atoms with E-state index in [2.05, 4.69) is 10.6 Å². The van der Waals surface area contributed by atoms with Crippen molar-refractivity contribution in [3.8, 4) is 0 Å². The molecule has 0 radical (unpaired) electrons. The predicted molar refractivity (Wildman–Crippen MR) is 100 cm³/mol. The van der Waals surface area contributed by atoms with Crippen molar-refractivity contribution in [3.63, 3.8) is 0 Å². The van der Waals surface area contributed by atoms with Crippen LogP contribution in [0.1, 0.15) is 48.9 Å². The molecule has 2 aliphatic rings. The molecule has 2 amide bonds. The quantitative estimate of drug-likeness (QED) is 0.785. The van der Waals surface area contributed by atoms with Gasteiger partial charge in [0.05, 0.1) is 12.1 Å². The first-order chi connectivity index (χ1) is 12.7. The largest absolute Gasteiger partial charge is 0.341 e. The number of hydrogen-bond donors (Lipinski definition) is 2. The molecule has 0 spiro atoms. The van der Waals surface area contributed by atoms with E-state index in [-0.39, 0.29) is 12.1 Å². The highest BCUT2D eigenvalue weighted by Crippen LogP contribution is 2.42. The van der Waals surface area contributed by atoms with E-state index in [9.17, 15) is 9.59 Å². The first-order valence-electron chi connectivity index (χ1n) is 9.43. The maximum atomic E-state index is 12.5. The van der Waals surface area contributed by atoms with Crippen LogP contribution >= 0.6 is 0 Å². The fraction of sp³-hybridized carbons (Fsp3) is 0.364. The summed E-state index contributed by atoms with van der Waals surface area (Å²) < 4.78 is 0. The summed E-state index contributed by atoms with van der Waals surface area (Å²) in [5, 5.41) is 5.92. The minimum absolute atomic E-state index is 0.0782. The summed E-state index contributed by atoms with van der Waals surface area (Å²) in [5.41, 5.74) is 2.14. The van der Waals surface area contributed by atoms with Gasteiger partial charge in [-0.15, -0.1) is 0 Å². The van der Waals surface area contributed by atoms with Crippen molar-refractivity contribution in [1.29, 1.82) is 0 Å². The molecule has 4 heteroatoms. The van der Waals surface area contributed by atoms with E-state index in [1.165, 1.54) is 0 Å². The molecule has 0 bridgehead atoms. The Balaban J connectivity index is 1.43. The van der Waals surface area contributed by atoms with Crippen LogP contribution in [0, 0.1) is 11.8 Å². The molecule has 0 aliphatic heterocycles. The van der Waals surface area contributed by atoms with Crippen LogP contribution < -0.4 is 10.6 Å². The van der Waals surface area contributed by atoms with Crippen molar-refractivity contribution in [3.05, 3.63) is 71.8 Å². The van der Waals surface area contributed by atoms with E-state index < -0.39 is 11.8 Å². The van der Waals surface area contributed by atoms with Crippen LogP contribution in [-0.2, 0) is 9.59 Å². The monoisotopic (exact) mass is 348 g/mol. The molecule has 2 fully saturated rings. The molecule has 2 atom stereocenters. The van der Waals surface area contributed by atoms with Gasteiger partial charge in [-0.05, 0) is 48.6 Å². The maximum Gasteiger partial charge on any atom is 0.309 e. The zero-order valence-corrected chi connectivity index (χ0v) is 14.7. The van der Waals surface area contributed by atoms with Crippen molar-refractivity contribution in [2.45, 2.75) is 37.8 Å². The van der Waals surface area contributed by atoms with Gasteiger partial charge in [-0.3, -0.25) is 9.59 Å². The van der Waals surface area contributed by atoms with Crippen molar-refractivity contribution >= 4 is 11.8 Å². The van der Waals surface area contributed by atoms with Crippen molar-refractivity contribution in [2.24, 2.45) is 11.8 Å². The Hall–Kier alpha value is -2.62. The van der Waals surface area contributed by atoms with Gasteiger partial charge in [0.1, 0.15) is 0 Å². The first-order valence-corrected chi connectivity index (χ1v) is 9.43. The number of carbonyl (C=O) groups excluding carboxylic acids is 2.